The molecular weight excluding hydrogens is 320 g/mol. The number of nitrogens with zero attached hydrogens (tertiary/aromatic N) is 1. The van der Waals surface area contributed by atoms with Gasteiger partial charge in [-0.2, -0.15) is 0 Å². The third-order valence-electron chi connectivity index (χ3n) is 5.22. The summed E-state index contributed by atoms with van der Waals surface area (Å²) < 4.78 is 2.29. The molecule has 1 aromatic heterocycles. The van der Waals surface area contributed by atoms with Crippen LogP contribution in [0, 0.1) is 20.8 Å². The van der Waals surface area contributed by atoms with Crippen molar-refractivity contribution in [3.63, 3.8) is 0 Å². The lowest BCUT2D eigenvalue weighted by atomic mass is 10.1. The van der Waals surface area contributed by atoms with Gasteiger partial charge in [0, 0.05) is 28.4 Å². The highest BCUT2D eigenvalue weighted by atomic mass is 16.1. The SMILES string of the molecule is Cc1ccc2c3c(C(N)=O)cccc3n(Cc3ccc(C)c(C)c3)c2c1. The van der Waals surface area contributed by atoms with E-state index < -0.39 is 0 Å². The molecule has 1 amide bonds. The molecule has 0 aliphatic carbocycles. The third kappa shape index (κ3) is 2.57. The number of hydrogen-bond acceptors (Lipinski definition) is 1. The number of fused-ring (bicyclic) bond motifs is 3. The van der Waals surface area contributed by atoms with Crippen LogP contribution in [0.1, 0.15) is 32.6 Å². The Morgan fingerprint density at radius 2 is 1.73 bits per heavy atom. The number of carbonyl (C=O) groups is 1. The summed E-state index contributed by atoms with van der Waals surface area (Å²) in [4.78, 5) is 12.0. The fraction of sp³-hybridized carbons (Fsp3) is 0.174. The van der Waals surface area contributed by atoms with Gasteiger partial charge in [0.05, 0.1) is 5.52 Å². The van der Waals surface area contributed by atoms with Crippen LogP contribution in [-0.4, -0.2) is 10.5 Å². The van der Waals surface area contributed by atoms with Crippen molar-refractivity contribution >= 4 is 27.7 Å². The van der Waals surface area contributed by atoms with E-state index >= 15 is 0 Å². The van der Waals surface area contributed by atoms with Crippen LogP contribution in [0.15, 0.2) is 54.6 Å². The summed E-state index contributed by atoms with van der Waals surface area (Å²) in [7, 11) is 0. The second kappa shape index (κ2) is 6.03. The summed E-state index contributed by atoms with van der Waals surface area (Å²) in [6, 6.07) is 18.7. The Bertz CT molecular complexity index is 1170. The van der Waals surface area contributed by atoms with Gasteiger partial charge >= 0.3 is 0 Å². The fourth-order valence-corrected chi connectivity index (χ4v) is 3.71. The maximum Gasteiger partial charge on any atom is 0.249 e. The topological polar surface area (TPSA) is 48.0 Å². The molecule has 0 radical (unpaired) electrons. The summed E-state index contributed by atoms with van der Waals surface area (Å²) in [5, 5.41) is 2.02. The van der Waals surface area contributed by atoms with E-state index in [1.165, 1.54) is 22.3 Å². The van der Waals surface area contributed by atoms with Gasteiger partial charge in [0.25, 0.3) is 0 Å². The lowest BCUT2D eigenvalue weighted by Gasteiger charge is -2.10. The van der Waals surface area contributed by atoms with Gasteiger partial charge in [0.1, 0.15) is 0 Å². The highest BCUT2D eigenvalue weighted by molar-refractivity contribution is 6.17. The normalized spacial score (nSPS) is 11.3. The van der Waals surface area contributed by atoms with E-state index in [9.17, 15) is 4.79 Å². The van der Waals surface area contributed by atoms with Gasteiger partial charge in [-0.05, 0) is 61.2 Å². The van der Waals surface area contributed by atoms with Crippen LogP contribution in [0.3, 0.4) is 0 Å². The van der Waals surface area contributed by atoms with Crippen LogP contribution < -0.4 is 5.73 Å². The molecule has 3 heteroatoms. The molecule has 3 nitrogen and oxygen atoms in total. The lowest BCUT2D eigenvalue weighted by molar-refractivity contribution is 0.100. The Hall–Kier alpha value is -3.07. The van der Waals surface area contributed by atoms with Crippen molar-refractivity contribution in [2.75, 3.05) is 0 Å². The maximum atomic E-state index is 12.0. The van der Waals surface area contributed by atoms with Crippen LogP contribution in [0.25, 0.3) is 21.8 Å². The Balaban J connectivity index is 2.03. The van der Waals surface area contributed by atoms with Crippen molar-refractivity contribution in [3.8, 4) is 0 Å². The van der Waals surface area contributed by atoms with Gasteiger partial charge in [-0.1, -0.05) is 36.4 Å². The molecule has 1 heterocycles. The first-order valence-corrected chi connectivity index (χ1v) is 8.83. The van der Waals surface area contributed by atoms with E-state index in [0.717, 1.165) is 28.4 Å². The van der Waals surface area contributed by atoms with Crippen LogP contribution in [-0.2, 0) is 6.54 Å². The average molecular weight is 342 g/mol. The molecule has 0 aliphatic rings. The van der Waals surface area contributed by atoms with Crippen LogP contribution in [0.4, 0.5) is 0 Å². The van der Waals surface area contributed by atoms with Gasteiger partial charge in [-0.3, -0.25) is 4.79 Å². The highest BCUT2D eigenvalue weighted by Gasteiger charge is 2.16. The first-order valence-electron chi connectivity index (χ1n) is 8.83. The predicted octanol–water partition coefficient (Wildman–Crippen LogP) is 4.87. The summed E-state index contributed by atoms with van der Waals surface area (Å²) >= 11 is 0. The molecule has 0 aliphatic heterocycles. The summed E-state index contributed by atoms with van der Waals surface area (Å²) in [5.74, 6) is -0.388. The Labute approximate surface area is 153 Å². The quantitative estimate of drug-likeness (QED) is 0.567. The standard InChI is InChI=1S/C23H22N2O/c1-14-7-10-18-21(11-14)25(13-17-9-8-15(2)16(3)12-17)20-6-4-5-19(22(18)20)23(24)26/h4-12H,13H2,1-3H3,(H2,24,26). The van der Waals surface area contributed by atoms with Gasteiger partial charge in [-0.15, -0.1) is 0 Å². The number of aromatic nitrogens is 1. The van der Waals surface area contributed by atoms with E-state index in [1.807, 2.05) is 12.1 Å². The molecule has 0 atom stereocenters. The number of carbonyl (C=O) groups excluding carboxylic acids is 1. The molecule has 0 bridgehead atoms. The molecular formula is C23H22N2O. The molecule has 26 heavy (non-hydrogen) atoms. The van der Waals surface area contributed by atoms with Crippen LogP contribution in [0.2, 0.25) is 0 Å². The van der Waals surface area contributed by atoms with Crippen molar-refractivity contribution in [1.82, 2.24) is 4.57 Å². The molecule has 0 unspecified atom stereocenters. The van der Waals surface area contributed by atoms with Crippen molar-refractivity contribution in [1.29, 1.82) is 0 Å². The van der Waals surface area contributed by atoms with Crippen LogP contribution in [0.5, 0.6) is 0 Å². The molecule has 4 aromatic rings. The minimum Gasteiger partial charge on any atom is -0.366 e. The minimum absolute atomic E-state index is 0.388. The molecule has 2 N–H and O–H groups in total. The zero-order valence-corrected chi connectivity index (χ0v) is 15.3. The average Bonchev–Trinajstić information content (AvgIpc) is 2.91. The second-order valence-electron chi connectivity index (χ2n) is 7.09. The van der Waals surface area contributed by atoms with E-state index in [4.69, 9.17) is 5.73 Å². The Morgan fingerprint density at radius 1 is 0.923 bits per heavy atom. The molecule has 3 aromatic carbocycles. The maximum absolute atomic E-state index is 12.0. The molecule has 0 spiro atoms. The largest absolute Gasteiger partial charge is 0.366 e. The summed E-state index contributed by atoms with van der Waals surface area (Å²) in [5.41, 5.74) is 13.4. The molecule has 0 saturated heterocycles. The van der Waals surface area contributed by atoms with E-state index in [1.54, 1.807) is 0 Å². The van der Waals surface area contributed by atoms with Crippen molar-refractivity contribution in [3.05, 3.63) is 82.4 Å². The molecule has 0 saturated carbocycles. The number of rotatable bonds is 3. The first-order chi connectivity index (χ1) is 12.5. The zero-order valence-electron chi connectivity index (χ0n) is 15.3. The van der Waals surface area contributed by atoms with Gasteiger partial charge in [0.15, 0.2) is 0 Å². The number of benzene rings is 3. The van der Waals surface area contributed by atoms with Crippen molar-refractivity contribution < 1.29 is 4.79 Å². The molecule has 4 rings (SSSR count). The third-order valence-corrected chi connectivity index (χ3v) is 5.22. The highest BCUT2D eigenvalue weighted by Crippen LogP contribution is 2.33. The number of hydrogen-bond donors (Lipinski definition) is 1. The number of primary amides is 1. The fourth-order valence-electron chi connectivity index (χ4n) is 3.71. The number of nitrogens with two attached hydrogens (primary N) is 1. The first kappa shape index (κ1) is 16.4. The number of aryl methyl sites for hydroxylation is 3. The molecule has 0 fully saturated rings. The van der Waals surface area contributed by atoms with E-state index in [-0.39, 0.29) is 5.91 Å². The Morgan fingerprint density at radius 3 is 2.46 bits per heavy atom. The minimum atomic E-state index is -0.388. The van der Waals surface area contributed by atoms with Gasteiger partial charge in [0.2, 0.25) is 5.91 Å². The lowest BCUT2D eigenvalue weighted by Crippen LogP contribution is -2.11. The number of amides is 1. The molecule has 130 valence electrons. The summed E-state index contributed by atoms with van der Waals surface area (Å²) in [6.07, 6.45) is 0. The Kier molecular flexibility index (Phi) is 3.80. The van der Waals surface area contributed by atoms with Crippen molar-refractivity contribution in [2.45, 2.75) is 27.3 Å². The predicted molar refractivity (Wildman–Crippen MR) is 108 cm³/mol. The second-order valence-corrected chi connectivity index (χ2v) is 7.09. The van der Waals surface area contributed by atoms with Crippen LogP contribution >= 0.6 is 0 Å². The summed E-state index contributed by atoms with van der Waals surface area (Å²) in [6.45, 7) is 7.11. The van der Waals surface area contributed by atoms with Gasteiger partial charge < -0.3 is 10.3 Å². The zero-order chi connectivity index (χ0) is 18.4. The van der Waals surface area contributed by atoms with E-state index in [0.29, 0.717) is 5.56 Å². The smallest absolute Gasteiger partial charge is 0.249 e. The monoisotopic (exact) mass is 342 g/mol. The van der Waals surface area contributed by atoms with Crippen molar-refractivity contribution in [2.24, 2.45) is 5.73 Å². The van der Waals surface area contributed by atoms with E-state index in [2.05, 4.69) is 67.8 Å². The van der Waals surface area contributed by atoms with Gasteiger partial charge in [-0.25, -0.2) is 0 Å².